The number of hydrogen-bond donors (Lipinski definition) is 3. The first-order valence-electron chi connectivity index (χ1n) is 9.50. The quantitative estimate of drug-likeness (QED) is 0.513. The Morgan fingerprint density at radius 3 is 2.48 bits per heavy atom. The van der Waals surface area contributed by atoms with E-state index in [0.29, 0.717) is 23.9 Å². The number of benzene rings is 2. The number of aromatic nitrogens is 2. The summed E-state index contributed by atoms with van der Waals surface area (Å²) in [5, 5.41) is 8.98. The normalized spacial score (nSPS) is 14.0. The van der Waals surface area contributed by atoms with Gasteiger partial charge in [0.1, 0.15) is 17.5 Å². The fraction of sp³-hybridized carbons (Fsp3) is 0.150. The third kappa shape index (κ3) is 4.19. The van der Waals surface area contributed by atoms with Gasteiger partial charge in [-0.15, -0.1) is 0 Å². The van der Waals surface area contributed by atoms with Gasteiger partial charge in [0.25, 0.3) is 5.91 Å². The molecule has 2 heterocycles. The molecule has 0 saturated heterocycles. The Kier molecular flexibility index (Phi) is 5.68. The Morgan fingerprint density at radius 2 is 1.82 bits per heavy atom. The average molecular weight is 479 g/mol. The van der Waals surface area contributed by atoms with Crippen LogP contribution in [0.5, 0.6) is 0 Å². The van der Waals surface area contributed by atoms with E-state index in [2.05, 4.69) is 15.5 Å². The van der Waals surface area contributed by atoms with E-state index in [9.17, 15) is 31.2 Å². The molecule has 172 valence electrons. The van der Waals surface area contributed by atoms with Crippen molar-refractivity contribution in [2.24, 2.45) is 5.73 Å². The fourth-order valence-electron chi connectivity index (χ4n) is 3.54. The standard InChI is InChI=1S/C20H16F3N5O4S/c21-10-6-11(22)8-12(7-10)33(31,32)28-5-4-16-14(9-28)19(27-26-16)25-20(30)17-13(18(24)29)2-1-3-15(17)23/h1-3,6-8H,4-5,9H2,(H2,24,29)(H2,25,26,27,30). The first-order valence-corrected chi connectivity index (χ1v) is 10.9. The van der Waals surface area contributed by atoms with Crippen molar-refractivity contribution in [1.82, 2.24) is 14.5 Å². The molecule has 1 aromatic heterocycles. The molecule has 0 bridgehead atoms. The second kappa shape index (κ2) is 8.33. The molecule has 4 rings (SSSR count). The van der Waals surface area contributed by atoms with Gasteiger partial charge < -0.3 is 11.1 Å². The number of halogens is 3. The summed E-state index contributed by atoms with van der Waals surface area (Å²) in [5.41, 5.74) is 5.09. The van der Waals surface area contributed by atoms with Gasteiger partial charge in [0, 0.05) is 36.8 Å². The number of sulfonamides is 1. The van der Waals surface area contributed by atoms with Crippen LogP contribution in [0, 0.1) is 17.5 Å². The van der Waals surface area contributed by atoms with Crippen LogP contribution in [0.1, 0.15) is 32.0 Å². The van der Waals surface area contributed by atoms with Crippen LogP contribution in [0.4, 0.5) is 19.0 Å². The molecule has 0 radical (unpaired) electrons. The largest absolute Gasteiger partial charge is 0.366 e. The van der Waals surface area contributed by atoms with E-state index in [-0.39, 0.29) is 36.5 Å². The predicted molar refractivity (Wildman–Crippen MR) is 109 cm³/mol. The molecule has 0 aliphatic carbocycles. The summed E-state index contributed by atoms with van der Waals surface area (Å²) >= 11 is 0. The molecular formula is C20H16F3N5O4S. The van der Waals surface area contributed by atoms with Gasteiger partial charge in [0.15, 0.2) is 5.82 Å². The van der Waals surface area contributed by atoms with Gasteiger partial charge in [-0.1, -0.05) is 6.07 Å². The Bertz CT molecular complexity index is 1370. The molecule has 2 aromatic carbocycles. The Labute approximate surface area is 185 Å². The summed E-state index contributed by atoms with van der Waals surface area (Å²) in [6.45, 7) is -0.288. The van der Waals surface area contributed by atoms with Crippen molar-refractivity contribution >= 4 is 27.7 Å². The van der Waals surface area contributed by atoms with Crippen molar-refractivity contribution in [3.05, 3.63) is 76.2 Å². The molecule has 0 unspecified atom stereocenters. The number of H-pyrrole nitrogens is 1. The molecule has 0 fully saturated rings. The highest BCUT2D eigenvalue weighted by atomic mass is 32.2. The third-order valence-corrected chi connectivity index (χ3v) is 6.93. The number of rotatable bonds is 5. The lowest BCUT2D eigenvalue weighted by molar-refractivity contribution is 0.0974. The minimum absolute atomic E-state index is 0.0117. The van der Waals surface area contributed by atoms with Crippen molar-refractivity contribution < 1.29 is 31.2 Å². The zero-order valence-electron chi connectivity index (χ0n) is 16.7. The number of amides is 2. The van der Waals surface area contributed by atoms with Crippen LogP contribution in [0.25, 0.3) is 0 Å². The molecule has 3 aromatic rings. The highest BCUT2D eigenvalue weighted by Crippen LogP contribution is 2.29. The van der Waals surface area contributed by atoms with Gasteiger partial charge in [-0.3, -0.25) is 14.7 Å². The molecule has 1 aliphatic rings. The number of carbonyl (C=O) groups excluding carboxylic acids is 2. The summed E-state index contributed by atoms with van der Waals surface area (Å²) in [5.74, 6) is -5.17. The molecule has 4 N–H and O–H groups in total. The maximum absolute atomic E-state index is 14.3. The second-order valence-electron chi connectivity index (χ2n) is 7.20. The summed E-state index contributed by atoms with van der Waals surface area (Å²) in [6.07, 6.45) is 0.168. The van der Waals surface area contributed by atoms with E-state index < -0.39 is 49.7 Å². The van der Waals surface area contributed by atoms with Crippen molar-refractivity contribution in [2.45, 2.75) is 17.9 Å². The van der Waals surface area contributed by atoms with E-state index in [1.165, 1.54) is 12.1 Å². The molecule has 0 atom stereocenters. The number of aromatic amines is 1. The Morgan fingerprint density at radius 1 is 1.12 bits per heavy atom. The van der Waals surface area contributed by atoms with E-state index in [0.717, 1.165) is 10.4 Å². The van der Waals surface area contributed by atoms with Crippen LogP contribution in [0.2, 0.25) is 0 Å². The van der Waals surface area contributed by atoms with Crippen LogP contribution >= 0.6 is 0 Å². The average Bonchev–Trinajstić information content (AvgIpc) is 3.14. The minimum Gasteiger partial charge on any atom is -0.366 e. The number of hydrogen-bond acceptors (Lipinski definition) is 5. The second-order valence-corrected chi connectivity index (χ2v) is 9.14. The van der Waals surface area contributed by atoms with Crippen LogP contribution in [-0.2, 0) is 23.0 Å². The lowest BCUT2D eigenvalue weighted by Gasteiger charge is -2.26. The maximum Gasteiger partial charge on any atom is 0.260 e. The van der Waals surface area contributed by atoms with Gasteiger partial charge >= 0.3 is 0 Å². The summed E-state index contributed by atoms with van der Waals surface area (Å²) in [4.78, 5) is 23.7. The third-order valence-electron chi connectivity index (χ3n) is 5.11. The molecule has 1 aliphatic heterocycles. The summed E-state index contributed by atoms with van der Waals surface area (Å²) in [6, 6.07) is 5.35. The summed E-state index contributed by atoms with van der Waals surface area (Å²) in [7, 11) is -4.27. The maximum atomic E-state index is 14.3. The van der Waals surface area contributed by atoms with Crippen LogP contribution in [-0.4, -0.2) is 41.3 Å². The van der Waals surface area contributed by atoms with Gasteiger partial charge in [-0.05, 0) is 24.3 Å². The number of anilines is 1. The molecule has 0 saturated carbocycles. The van der Waals surface area contributed by atoms with Gasteiger partial charge in [-0.2, -0.15) is 9.40 Å². The summed E-state index contributed by atoms with van der Waals surface area (Å²) < 4.78 is 68.2. The first-order chi connectivity index (χ1) is 15.6. The molecular weight excluding hydrogens is 463 g/mol. The van der Waals surface area contributed by atoms with E-state index in [1.807, 2.05) is 0 Å². The fourth-order valence-corrected chi connectivity index (χ4v) is 4.99. The van der Waals surface area contributed by atoms with Gasteiger partial charge in [0.2, 0.25) is 15.9 Å². The number of nitrogens with two attached hydrogens (primary N) is 1. The van der Waals surface area contributed by atoms with E-state index in [1.54, 1.807) is 0 Å². The van der Waals surface area contributed by atoms with Crippen molar-refractivity contribution in [2.75, 3.05) is 11.9 Å². The lowest BCUT2D eigenvalue weighted by atomic mass is 10.1. The smallest absolute Gasteiger partial charge is 0.260 e. The number of nitrogens with zero attached hydrogens (tertiary/aromatic N) is 2. The monoisotopic (exact) mass is 479 g/mol. The predicted octanol–water partition coefficient (Wildman–Crippen LogP) is 1.93. The zero-order chi connectivity index (χ0) is 23.9. The number of primary amides is 1. The molecule has 33 heavy (non-hydrogen) atoms. The lowest BCUT2D eigenvalue weighted by Crippen LogP contribution is -2.36. The number of nitrogens with one attached hydrogen (secondary N) is 2. The zero-order valence-corrected chi connectivity index (χ0v) is 17.5. The topological polar surface area (TPSA) is 138 Å². The molecule has 13 heteroatoms. The van der Waals surface area contributed by atoms with E-state index >= 15 is 0 Å². The molecule has 2 amide bonds. The minimum atomic E-state index is -4.27. The number of fused-ring (bicyclic) bond motifs is 1. The molecule has 9 nitrogen and oxygen atoms in total. The van der Waals surface area contributed by atoms with Crippen LogP contribution in [0.3, 0.4) is 0 Å². The van der Waals surface area contributed by atoms with Gasteiger partial charge in [0.05, 0.1) is 16.0 Å². The van der Waals surface area contributed by atoms with Crippen molar-refractivity contribution in [3.8, 4) is 0 Å². The van der Waals surface area contributed by atoms with E-state index in [4.69, 9.17) is 5.73 Å². The highest BCUT2D eigenvalue weighted by Gasteiger charge is 2.32. The van der Waals surface area contributed by atoms with Crippen LogP contribution < -0.4 is 11.1 Å². The highest BCUT2D eigenvalue weighted by molar-refractivity contribution is 7.89. The van der Waals surface area contributed by atoms with Crippen molar-refractivity contribution in [3.63, 3.8) is 0 Å². The van der Waals surface area contributed by atoms with Crippen molar-refractivity contribution in [1.29, 1.82) is 0 Å². The van der Waals surface area contributed by atoms with Crippen LogP contribution in [0.15, 0.2) is 41.3 Å². The van der Waals surface area contributed by atoms with Gasteiger partial charge in [-0.25, -0.2) is 21.6 Å². The SMILES string of the molecule is NC(=O)c1cccc(F)c1C(=O)Nc1n[nH]c2c1CN(S(=O)(=O)c1cc(F)cc(F)c1)CC2. The Balaban J connectivity index is 1.63. The number of carbonyl (C=O) groups is 2. The first kappa shape index (κ1) is 22.5. The Hall–Kier alpha value is -3.71. The molecule has 0 spiro atoms.